The Bertz CT molecular complexity index is 1170. The largest absolute Gasteiger partial charge is 0.424 e. The van der Waals surface area contributed by atoms with Crippen LogP contribution >= 0.6 is 0 Å². The molecule has 0 saturated carbocycles. The van der Waals surface area contributed by atoms with Crippen molar-refractivity contribution in [2.45, 2.75) is 19.3 Å². The van der Waals surface area contributed by atoms with Crippen LogP contribution in [0, 0.1) is 5.82 Å². The lowest BCUT2D eigenvalue weighted by molar-refractivity contribution is 0.253. The van der Waals surface area contributed by atoms with E-state index in [2.05, 4.69) is 67.3 Å². The Labute approximate surface area is 193 Å². The van der Waals surface area contributed by atoms with Gasteiger partial charge in [0.1, 0.15) is 5.75 Å². The lowest BCUT2D eigenvalue weighted by atomic mass is 10.1. The highest BCUT2D eigenvalue weighted by molar-refractivity contribution is 5.82. The molecule has 1 saturated heterocycles. The number of nitrogens with one attached hydrogen (secondary N) is 1. The van der Waals surface area contributed by atoms with Gasteiger partial charge in [-0.15, -0.1) is 0 Å². The molecule has 2 aromatic heterocycles. The number of aryl methyl sites for hydroxylation is 1. The number of para-hydroxylation sites is 1. The van der Waals surface area contributed by atoms with Gasteiger partial charge in [0.2, 0.25) is 0 Å². The standard InChI is InChI=1S/C26H28FN5O/c27-21-18-29-26(30-19-21)33-23-10-8-22(9-11-23)32-15-13-31(14-16-32)12-4-3-5-20-17-28-25-7-2-1-6-24(20)25/h1-2,6-11,17-19,28H,3-5,12-16H2. The molecule has 5 rings (SSSR count). The maximum atomic E-state index is 12.9. The molecule has 0 bridgehead atoms. The summed E-state index contributed by atoms with van der Waals surface area (Å²) in [4.78, 5) is 16.0. The number of rotatable bonds is 8. The fourth-order valence-corrected chi connectivity index (χ4v) is 4.40. The molecule has 1 fully saturated rings. The number of unbranched alkanes of at least 4 members (excludes halogenated alkanes) is 1. The van der Waals surface area contributed by atoms with E-state index in [1.165, 1.54) is 35.0 Å². The molecule has 0 amide bonds. The monoisotopic (exact) mass is 445 g/mol. The summed E-state index contributed by atoms with van der Waals surface area (Å²) in [5.41, 5.74) is 3.84. The second-order valence-corrected chi connectivity index (χ2v) is 8.43. The van der Waals surface area contributed by atoms with Crippen molar-refractivity contribution in [1.82, 2.24) is 19.9 Å². The lowest BCUT2D eigenvalue weighted by Gasteiger charge is -2.36. The highest BCUT2D eigenvalue weighted by Crippen LogP contribution is 2.24. The van der Waals surface area contributed by atoms with Crippen molar-refractivity contribution < 1.29 is 9.13 Å². The third kappa shape index (κ3) is 5.31. The fraction of sp³-hybridized carbons (Fsp3) is 0.308. The van der Waals surface area contributed by atoms with Gasteiger partial charge in [0.15, 0.2) is 5.82 Å². The van der Waals surface area contributed by atoms with Gasteiger partial charge in [-0.1, -0.05) is 18.2 Å². The van der Waals surface area contributed by atoms with Crippen molar-refractivity contribution in [1.29, 1.82) is 0 Å². The van der Waals surface area contributed by atoms with Crippen LogP contribution in [-0.2, 0) is 6.42 Å². The summed E-state index contributed by atoms with van der Waals surface area (Å²) in [5.74, 6) is 0.158. The Hall–Kier alpha value is -3.45. The first kappa shape index (κ1) is 21.4. The molecule has 1 aliphatic rings. The number of nitrogens with zero attached hydrogens (tertiary/aromatic N) is 4. The van der Waals surface area contributed by atoms with Gasteiger partial charge in [-0.25, -0.2) is 14.4 Å². The van der Waals surface area contributed by atoms with Crippen molar-refractivity contribution in [3.8, 4) is 11.8 Å². The molecule has 0 aliphatic carbocycles. The Morgan fingerprint density at radius 2 is 1.67 bits per heavy atom. The number of piperazine rings is 1. The van der Waals surface area contributed by atoms with Crippen molar-refractivity contribution in [3.05, 3.63) is 78.5 Å². The maximum absolute atomic E-state index is 12.9. The Morgan fingerprint density at radius 3 is 2.45 bits per heavy atom. The number of anilines is 1. The minimum absolute atomic E-state index is 0.141. The van der Waals surface area contributed by atoms with Crippen LogP contribution in [0.15, 0.2) is 67.1 Å². The molecule has 4 aromatic rings. The van der Waals surface area contributed by atoms with Crippen molar-refractivity contribution in [2.24, 2.45) is 0 Å². The van der Waals surface area contributed by atoms with E-state index >= 15 is 0 Å². The molecular formula is C26H28FN5O. The number of benzene rings is 2. The minimum Gasteiger partial charge on any atom is -0.424 e. The van der Waals surface area contributed by atoms with Crippen molar-refractivity contribution in [3.63, 3.8) is 0 Å². The summed E-state index contributed by atoms with van der Waals surface area (Å²) in [6.45, 7) is 5.34. The predicted molar refractivity (Wildman–Crippen MR) is 128 cm³/mol. The summed E-state index contributed by atoms with van der Waals surface area (Å²) in [5, 5.41) is 1.35. The summed E-state index contributed by atoms with van der Waals surface area (Å²) >= 11 is 0. The number of hydrogen-bond acceptors (Lipinski definition) is 5. The molecule has 7 heteroatoms. The number of aromatic amines is 1. The zero-order chi connectivity index (χ0) is 22.5. The number of halogens is 1. The lowest BCUT2D eigenvalue weighted by Crippen LogP contribution is -2.46. The Morgan fingerprint density at radius 1 is 0.909 bits per heavy atom. The molecule has 1 aliphatic heterocycles. The summed E-state index contributed by atoms with van der Waals surface area (Å²) in [7, 11) is 0. The first-order chi connectivity index (χ1) is 16.2. The van der Waals surface area contributed by atoms with Crippen LogP contribution in [-0.4, -0.2) is 52.6 Å². The first-order valence-corrected chi connectivity index (χ1v) is 11.5. The second-order valence-electron chi connectivity index (χ2n) is 8.43. The van der Waals surface area contributed by atoms with Gasteiger partial charge in [-0.3, -0.25) is 4.90 Å². The number of aromatic nitrogens is 3. The molecule has 33 heavy (non-hydrogen) atoms. The number of H-pyrrole nitrogens is 1. The molecule has 0 spiro atoms. The van der Waals surface area contributed by atoms with Gasteiger partial charge < -0.3 is 14.6 Å². The van der Waals surface area contributed by atoms with E-state index in [1.54, 1.807) is 0 Å². The first-order valence-electron chi connectivity index (χ1n) is 11.5. The zero-order valence-corrected chi connectivity index (χ0v) is 18.6. The molecular weight excluding hydrogens is 417 g/mol. The van der Waals surface area contributed by atoms with Crippen molar-refractivity contribution >= 4 is 16.6 Å². The van der Waals surface area contributed by atoms with E-state index in [-0.39, 0.29) is 6.01 Å². The van der Waals surface area contributed by atoms with E-state index in [4.69, 9.17) is 4.74 Å². The number of ether oxygens (including phenoxy) is 1. The topological polar surface area (TPSA) is 57.3 Å². The van der Waals surface area contributed by atoms with E-state index in [9.17, 15) is 4.39 Å². The average Bonchev–Trinajstić information content (AvgIpc) is 3.27. The van der Waals surface area contributed by atoms with Gasteiger partial charge in [0.25, 0.3) is 0 Å². The van der Waals surface area contributed by atoms with E-state index < -0.39 is 5.82 Å². The van der Waals surface area contributed by atoms with Crippen LogP contribution < -0.4 is 9.64 Å². The highest BCUT2D eigenvalue weighted by Gasteiger charge is 2.17. The fourth-order valence-electron chi connectivity index (χ4n) is 4.40. The van der Waals surface area contributed by atoms with Gasteiger partial charge in [0, 0.05) is 49.0 Å². The van der Waals surface area contributed by atoms with Gasteiger partial charge in [-0.05, 0) is 61.7 Å². The second kappa shape index (κ2) is 10.0. The van der Waals surface area contributed by atoms with Gasteiger partial charge in [0.05, 0.1) is 12.4 Å². The molecule has 3 heterocycles. The number of fused-ring (bicyclic) bond motifs is 1. The molecule has 2 aromatic carbocycles. The Balaban J connectivity index is 1.05. The molecule has 0 unspecified atom stereocenters. The number of hydrogen-bond donors (Lipinski definition) is 1. The van der Waals surface area contributed by atoms with Gasteiger partial charge in [-0.2, -0.15) is 0 Å². The third-order valence-electron chi connectivity index (χ3n) is 6.23. The molecule has 6 nitrogen and oxygen atoms in total. The molecule has 0 atom stereocenters. The molecule has 0 radical (unpaired) electrons. The van der Waals surface area contributed by atoms with Crippen LogP contribution in [0.1, 0.15) is 18.4 Å². The SMILES string of the molecule is Fc1cnc(Oc2ccc(N3CCN(CCCCc4c[nH]c5ccccc45)CC3)cc2)nc1. The smallest absolute Gasteiger partial charge is 0.322 e. The van der Waals surface area contributed by atoms with Crippen LogP contribution in [0.25, 0.3) is 10.9 Å². The van der Waals surface area contributed by atoms with Crippen LogP contribution in [0.4, 0.5) is 10.1 Å². The van der Waals surface area contributed by atoms with Crippen LogP contribution in [0.3, 0.4) is 0 Å². The third-order valence-corrected chi connectivity index (χ3v) is 6.23. The highest BCUT2D eigenvalue weighted by atomic mass is 19.1. The minimum atomic E-state index is -0.480. The van der Waals surface area contributed by atoms with Crippen LogP contribution in [0.2, 0.25) is 0 Å². The summed E-state index contributed by atoms with van der Waals surface area (Å²) in [6, 6.07) is 16.6. The quantitative estimate of drug-likeness (QED) is 0.385. The van der Waals surface area contributed by atoms with E-state index in [0.717, 1.165) is 51.5 Å². The predicted octanol–water partition coefficient (Wildman–Crippen LogP) is 5.03. The van der Waals surface area contributed by atoms with Crippen LogP contribution in [0.5, 0.6) is 11.8 Å². The summed E-state index contributed by atoms with van der Waals surface area (Å²) in [6.07, 6.45) is 7.91. The maximum Gasteiger partial charge on any atom is 0.322 e. The van der Waals surface area contributed by atoms with Gasteiger partial charge >= 0.3 is 6.01 Å². The normalized spacial score (nSPS) is 14.6. The van der Waals surface area contributed by atoms with E-state index in [1.807, 2.05) is 12.1 Å². The molecule has 170 valence electrons. The average molecular weight is 446 g/mol. The zero-order valence-electron chi connectivity index (χ0n) is 18.6. The van der Waals surface area contributed by atoms with Crippen molar-refractivity contribution in [2.75, 3.05) is 37.6 Å². The Kier molecular flexibility index (Phi) is 6.48. The molecule has 1 N–H and O–H groups in total. The van der Waals surface area contributed by atoms with E-state index in [0.29, 0.717) is 5.75 Å². The summed E-state index contributed by atoms with van der Waals surface area (Å²) < 4.78 is 18.5.